The molecule has 1 N–H and O–H groups in total. The van der Waals surface area contributed by atoms with Crippen LogP contribution in [0.1, 0.15) is 47.5 Å². The van der Waals surface area contributed by atoms with Gasteiger partial charge in [-0.05, 0) is 53.2 Å². The number of carbonyl (C=O) groups excluding carboxylic acids is 2. The third kappa shape index (κ3) is 4.29. The quantitative estimate of drug-likeness (QED) is 0.810. The molecule has 1 heterocycles. The fraction of sp³-hybridized carbons (Fsp3) is 0.600. The van der Waals surface area contributed by atoms with Crippen LogP contribution in [0.25, 0.3) is 0 Å². The lowest BCUT2D eigenvalue weighted by Crippen LogP contribution is -2.48. The first-order valence-electron chi connectivity index (χ1n) is 9.33. The van der Waals surface area contributed by atoms with Gasteiger partial charge in [0.2, 0.25) is 11.8 Å². The van der Waals surface area contributed by atoms with E-state index in [1.165, 1.54) is 0 Å². The van der Waals surface area contributed by atoms with Gasteiger partial charge in [0.05, 0.1) is 12.8 Å². The topological polar surface area (TPSA) is 61.9 Å². The standard InChI is InChI=1S/C20H31N3O3/c1-13(2)23(14(3)4)20(25)15(5)21-16-9-10-17(18(12-16)26-6)22-11-7-8-19(22)24/h9-10,12-15,21H,7-8,11H2,1-6H3. The number of carbonyl (C=O) groups is 2. The van der Waals surface area contributed by atoms with Crippen LogP contribution in [0, 0.1) is 0 Å². The van der Waals surface area contributed by atoms with Crippen LogP contribution in [0.15, 0.2) is 18.2 Å². The number of anilines is 2. The van der Waals surface area contributed by atoms with Crippen molar-refractivity contribution in [3.8, 4) is 5.75 Å². The zero-order chi connectivity index (χ0) is 19.4. The van der Waals surface area contributed by atoms with Crippen molar-refractivity contribution >= 4 is 23.2 Å². The molecule has 1 unspecified atom stereocenters. The predicted molar refractivity (Wildman–Crippen MR) is 105 cm³/mol. The van der Waals surface area contributed by atoms with Gasteiger partial charge in [-0.2, -0.15) is 0 Å². The van der Waals surface area contributed by atoms with Gasteiger partial charge in [0.1, 0.15) is 11.8 Å². The number of rotatable bonds is 7. The average Bonchev–Trinajstić information content (AvgIpc) is 2.99. The molecule has 2 rings (SSSR count). The first kappa shape index (κ1) is 20.1. The normalized spacial score (nSPS) is 15.5. The molecule has 0 aliphatic carbocycles. The highest BCUT2D eigenvalue weighted by Gasteiger charge is 2.27. The maximum Gasteiger partial charge on any atom is 0.245 e. The third-order valence-electron chi connectivity index (χ3n) is 4.66. The number of amides is 2. The molecule has 1 aliphatic heterocycles. The summed E-state index contributed by atoms with van der Waals surface area (Å²) < 4.78 is 5.48. The zero-order valence-electron chi connectivity index (χ0n) is 16.7. The molecule has 0 bridgehead atoms. The van der Waals surface area contributed by atoms with E-state index in [0.29, 0.717) is 18.7 Å². The van der Waals surface area contributed by atoms with Gasteiger partial charge in [-0.1, -0.05) is 0 Å². The smallest absolute Gasteiger partial charge is 0.245 e. The lowest BCUT2D eigenvalue weighted by molar-refractivity contribution is -0.135. The summed E-state index contributed by atoms with van der Waals surface area (Å²) in [6.07, 6.45) is 1.45. The predicted octanol–water partition coefficient (Wildman–Crippen LogP) is 3.27. The Bertz CT molecular complexity index is 650. The van der Waals surface area contributed by atoms with Gasteiger partial charge in [0.15, 0.2) is 0 Å². The SMILES string of the molecule is COc1cc(NC(C)C(=O)N(C(C)C)C(C)C)ccc1N1CCCC1=O. The molecule has 1 aromatic rings. The maximum atomic E-state index is 12.8. The lowest BCUT2D eigenvalue weighted by Gasteiger charge is -2.33. The number of hydrogen-bond acceptors (Lipinski definition) is 4. The molecule has 1 atom stereocenters. The minimum absolute atomic E-state index is 0.0627. The minimum atomic E-state index is -0.358. The summed E-state index contributed by atoms with van der Waals surface area (Å²) in [7, 11) is 1.59. The molecule has 2 amide bonds. The monoisotopic (exact) mass is 361 g/mol. The van der Waals surface area contributed by atoms with Crippen molar-refractivity contribution in [2.45, 2.75) is 65.6 Å². The highest BCUT2D eigenvalue weighted by molar-refractivity contribution is 5.97. The van der Waals surface area contributed by atoms with Crippen LogP contribution in [0.5, 0.6) is 5.75 Å². The summed E-state index contributed by atoms with van der Waals surface area (Å²) in [6.45, 7) is 10.7. The van der Waals surface area contributed by atoms with E-state index in [1.807, 2.05) is 57.7 Å². The molecule has 1 aliphatic rings. The van der Waals surface area contributed by atoms with E-state index in [0.717, 1.165) is 17.8 Å². The van der Waals surface area contributed by atoms with Gasteiger partial charge in [-0.15, -0.1) is 0 Å². The summed E-state index contributed by atoms with van der Waals surface area (Å²) in [5, 5.41) is 3.26. The van der Waals surface area contributed by atoms with Crippen LogP contribution in [0.2, 0.25) is 0 Å². The summed E-state index contributed by atoms with van der Waals surface area (Å²) in [6, 6.07) is 5.55. The summed E-state index contributed by atoms with van der Waals surface area (Å²) in [5.74, 6) is 0.819. The highest BCUT2D eigenvalue weighted by Crippen LogP contribution is 2.34. The number of nitrogens with zero attached hydrogens (tertiary/aromatic N) is 2. The van der Waals surface area contributed by atoms with E-state index in [9.17, 15) is 9.59 Å². The molecule has 0 spiro atoms. The number of nitrogens with one attached hydrogen (secondary N) is 1. The third-order valence-corrected chi connectivity index (χ3v) is 4.66. The van der Waals surface area contributed by atoms with Crippen LogP contribution in [0.3, 0.4) is 0 Å². The van der Waals surface area contributed by atoms with Gasteiger partial charge in [-0.3, -0.25) is 9.59 Å². The first-order valence-corrected chi connectivity index (χ1v) is 9.33. The lowest BCUT2D eigenvalue weighted by atomic mass is 10.1. The fourth-order valence-electron chi connectivity index (χ4n) is 3.53. The number of benzene rings is 1. The largest absolute Gasteiger partial charge is 0.494 e. The zero-order valence-corrected chi connectivity index (χ0v) is 16.7. The van der Waals surface area contributed by atoms with Gasteiger partial charge >= 0.3 is 0 Å². The average molecular weight is 361 g/mol. The van der Waals surface area contributed by atoms with E-state index in [4.69, 9.17) is 4.74 Å². The fourth-order valence-corrected chi connectivity index (χ4v) is 3.53. The van der Waals surface area contributed by atoms with Crippen LogP contribution in [-0.4, -0.2) is 48.5 Å². The second-order valence-corrected chi connectivity index (χ2v) is 7.33. The second-order valence-electron chi connectivity index (χ2n) is 7.33. The highest BCUT2D eigenvalue weighted by atomic mass is 16.5. The van der Waals surface area contributed by atoms with Crippen molar-refractivity contribution in [1.29, 1.82) is 0 Å². The molecule has 6 heteroatoms. The summed E-state index contributed by atoms with van der Waals surface area (Å²) in [4.78, 5) is 28.4. The Kier molecular flexibility index (Phi) is 6.51. The Morgan fingerprint density at radius 1 is 1.19 bits per heavy atom. The maximum absolute atomic E-state index is 12.8. The van der Waals surface area contributed by atoms with E-state index >= 15 is 0 Å². The van der Waals surface area contributed by atoms with Crippen LogP contribution in [-0.2, 0) is 9.59 Å². The number of methoxy groups -OCH3 is 1. The van der Waals surface area contributed by atoms with E-state index in [-0.39, 0.29) is 29.9 Å². The van der Waals surface area contributed by atoms with Gasteiger partial charge < -0.3 is 19.9 Å². The van der Waals surface area contributed by atoms with Crippen LogP contribution < -0.4 is 15.0 Å². The van der Waals surface area contributed by atoms with E-state index in [1.54, 1.807) is 12.0 Å². The Balaban J connectivity index is 2.16. The Morgan fingerprint density at radius 3 is 2.35 bits per heavy atom. The number of ether oxygens (including phenoxy) is 1. The van der Waals surface area contributed by atoms with Crippen molar-refractivity contribution in [1.82, 2.24) is 4.90 Å². The molecule has 6 nitrogen and oxygen atoms in total. The van der Waals surface area contributed by atoms with Gasteiger partial charge in [-0.25, -0.2) is 0 Å². The Morgan fingerprint density at radius 2 is 1.85 bits per heavy atom. The van der Waals surface area contributed by atoms with E-state index in [2.05, 4.69) is 5.32 Å². The molecule has 0 radical (unpaired) electrons. The molecular weight excluding hydrogens is 330 g/mol. The van der Waals surface area contributed by atoms with E-state index < -0.39 is 0 Å². The number of hydrogen-bond donors (Lipinski definition) is 1. The van der Waals surface area contributed by atoms with Crippen LogP contribution in [0.4, 0.5) is 11.4 Å². The first-order chi connectivity index (χ1) is 12.3. The van der Waals surface area contributed by atoms with Crippen molar-refractivity contribution in [2.24, 2.45) is 0 Å². The molecule has 0 aromatic heterocycles. The Labute approximate surface area is 156 Å². The molecule has 144 valence electrons. The second kappa shape index (κ2) is 8.43. The molecule has 1 aromatic carbocycles. The van der Waals surface area contributed by atoms with Crippen molar-refractivity contribution in [2.75, 3.05) is 23.9 Å². The van der Waals surface area contributed by atoms with Gasteiger partial charge in [0.25, 0.3) is 0 Å². The molecule has 0 saturated carbocycles. The van der Waals surface area contributed by atoms with Crippen molar-refractivity contribution < 1.29 is 14.3 Å². The summed E-state index contributed by atoms with van der Waals surface area (Å²) >= 11 is 0. The molecular formula is C20H31N3O3. The van der Waals surface area contributed by atoms with Crippen molar-refractivity contribution in [3.05, 3.63) is 18.2 Å². The Hall–Kier alpha value is -2.24. The summed E-state index contributed by atoms with van der Waals surface area (Å²) in [5.41, 5.74) is 1.58. The molecule has 26 heavy (non-hydrogen) atoms. The molecule has 1 fully saturated rings. The van der Waals surface area contributed by atoms with Crippen molar-refractivity contribution in [3.63, 3.8) is 0 Å². The molecule has 1 saturated heterocycles. The van der Waals surface area contributed by atoms with Gasteiger partial charge in [0, 0.05) is 36.8 Å². The van der Waals surface area contributed by atoms with Crippen LogP contribution >= 0.6 is 0 Å². The minimum Gasteiger partial charge on any atom is -0.494 e.